The van der Waals surface area contributed by atoms with Crippen molar-refractivity contribution in [3.8, 4) is 6.07 Å². The average molecular weight is 238 g/mol. The lowest BCUT2D eigenvalue weighted by atomic mass is 10.2. The van der Waals surface area contributed by atoms with E-state index in [9.17, 15) is 0 Å². The monoisotopic (exact) mass is 238 g/mol. The summed E-state index contributed by atoms with van der Waals surface area (Å²) in [5.74, 6) is 0.521. The fraction of sp³-hybridized carbons (Fsp3) is 0.143. The van der Waals surface area contributed by atoms with Crippen molar-refractivity contribution < 1.29 is 0 Å². The molecule has 1 heterocycles. The van der Waals surface area contributed by atoms with Crippen molar-refractivity contribution in [1.82, 2.24) is 4.98 Å². The van der Waals surface area contributed by atoms with Gasteiger partial charge in [0.25, 0.3) is 0 Å². The van der Waals surface area contributed by atoms with Crippen LogP contribution in [0.3, 0.4) is 0 Å². The fourth-order valence-corrected chi connectivity index (χ4v) is 1.71. The van der Waals surface area contributed by atoms with Crippen molar-refractivity contribution in [3.05, 3.63) is 53.7 Å². The average Bonchev–Trinajstić information content (AvgIpc) is 2.41. The van der Waals surface area contributed by atoms with Crippen molar-refractivity contribution >= 4 is 11.5 Å². The molecule has 0 bridgehead atoms. The van der Waals surface area contributed by atoms with Gasteiger partial charge in [-0.2, -0.15) is 5.26 Å². The summed E-state index contributed by atoms with van der Waals surface area (Å²) < 4.78 is 0. The zero-order chi connectivity index (χ0) is 13.0. The van der Waals surface area contributed by atoms with Crippen molar-refractivity contribution in [1.29, 1.82) is 5.26 Å². The smallest absolute Gasteiger partial charge is 0.123 e. The van der Waals surface area contributed by atoms with Gasteiger partial charge < -0.3 is 10.6 Å². The van der Waals surface area contributed by atoms with Crippen LogP contribution in [0.2, 0.25) is 0 Å². The van der Waals surface area contributed by atoms with Gasteiger partial charge in [0.2, 0.25) is 0 Å². The second-order valence-electron chi connectivity index (χ2n) is 4.11. The van der Waals surface area contributed by atoms with Crippen molar-refractivity contribution in [2.75, 3.05) is 17.7 Å². The summed E-state index contributed by atoms with van der Waals surface area (Å²) >= 11 is 0. The number of benzene rings is 1. The quantitative estimate of drug-likeness (QED) is 0.890. The molecule has 0 aliphatic rings. The van der Waals surface area contributed by atoms with Gasteiger partial charge in [-0.1, -0.05) is 12.1 Å². The zero-order valence-electron chi connectivity index (χ0n) is 10.2. The van der Waals surface area contributed by atoms with Crippen LogP contribution in [0.1, 0.15) is 11.1 Å². The van der Waals surface area contributed by atoms with Gasteiger partial charge in [-0.15, -0.1) is 0 Å². The molecule has 0 spiro atoms. The highest BCUT2D eigenvalue weighted by molar-refractivity contribution is 5.51. The lowest BCUT2D eigenvalue weighted by Crippen LogP contribution is -2.16. The minimum Gasteiger partial charge on any atom is -0.384 e. The number of nitrogens with zero attached hydrogens (tertiary/aromatic N) is 3. The van der Waals surface area contributed by atoms with Crippen LogP contribution in [0.5, 0.6) is 0 Å². The molecular weight excluding hydrogens is 224 g/mol. The lowest BCUT2D eigenvalue weighted by Gasteiger charge is -2.19. The van der Waals surface area contributed by atoms with Crippen LogP contribution in [0.25, 0.3) is 0 Å². The summed E-state index contributed by atoms with van der Waals surface area (Å²) in [4.78, 5) is 6.12. The Balaban J connectivity index is 2.14. The van der Waals surface area contributed by atoms with Crippen molar-refractivity contribution in [2.45, 2.75) is 6.54 Å². The number of rotatable bonds is 3. The van der Waals surface area contributed by atoms with E-state index >= 15 is 0 Å². The molecule has 1 aromatic carbocycles. The number of hydrogen-bond donors (Lipinski definition) is 1. The number of nitriles is 1. The number of aromatic nitrogens is 1. The minimum atomic E-state index is 0.521. The van der Waals surface area contributed by atoms with E-state index in [0.29, 0.717) is 11.4 Å². The number of nitrogen functional groups attached to an aromatic ring is 1. The molecule has 0 fully saturated rings. The van der Waals surface area contributed by atoms with Gasteiger partial charge in [0.15, 0.2) is 0 Å². The van der Waals surface area contributed by atoms with E-state index < -0.39 is 0 Å². The van der Waals surface area contributed by atoms with Crippen LogP contribution < -0.4 is 10.6 Å². The maximum absolute atomic E-state index is 8.87. The SMILES string of the molecule is CN(Cc1ccc(N)nc1)c1cccc(C#N)c1. The Morgan fingerprint density at radius 1 is 1.33 bits per heavy atom. The van der Waals surface area contributed by atoms with E-state index in [1.54, 1.807) is 18.3 Å². The molecule has 4 nitrogen and oxygen atoms in total. The van der Waals surface area contributed by atoms with Gasteiger partial charge >= 0.3 is 0 Å². The molecule has 0 saturated carbocycles. The highest BCUT2D eigenvalue weighted by Gasteiger charge is 2.03. The Bertz CT molecular complexity index is 569. The summed E-state index contributed by atoms with van der Waals surface area (Å²) in [6.45, 7) is 0.724. The van der Waals surface area contributed by atoms with Gasteiger partial charge in [0.1, 0.15) is 5.82 Å². The van der Waals surface area contributed by atoms with Crippen LogP contribution in [0.15, 0.2) is 42.6 Å². The van der Waals surface area contributed by atoms with Crippen molar-refractivity contribution in [2.24, 2.45) is 0 Å². The first-order valence-corrected chi connectivity index (χ1v) is 5.61. The van der Waals surface area contributed by atoms with E-state index in [1.165, 1.54) is 0 Å². The van der Waals surface area contributed by atoms with Gasteiger partial charge in [0.05, 0.1) is 11.6 Å². The largest absolute Gasteiger partial charge is 0.384 e. The van der Waals surface area contributed by atoms with Gasteiger partial charge in [-0.3, -0.25) is 0 Å². The van der Waals surface area contributed by atoms with E-state index in [1.807, 2.05) is 31.3 Å². The lowest BCUT2D eigenvalue weighted by molar-refractivity contribution is 0.916. The molecular formula is C14H14N4. The maximum Gasteiger partial charge on any atom is 0.123 e. The standard InChI is InChI=1S/C14H14N4/c1-18(10-12-5-6-14(16)17-9-12)13-4-2-3-11(7-13)8-15/h2-7,9H,10H2,1H3,(H2,16,17). The maximum atomic E-state index is 8.87. The highest BCUT2D eigenvalue weighted by atomic mass is 15.1. The first-order chi connectivity index (χ1) is 8.69. The third kappa shape index (κ3) is 2.77. The van der Waals surface area contributed by atoms with Crippen molar-refractivity contribution in [3.63, 3.8) is 0 Å². The van der Waals surface area contributed by atoms with E-state index in [4.69, 9.17) is 11.0 Å². The molecule has 0 atom stereocenters. The molecule has 2 aromatic rings. The molecule has 90 valence electrons. The predicted molar refractivity (Wildman–Crippen MR) is 71.9 cm³/mol. The normalized spacial score (nSPS) is 9.78. The Labute approximate surface area is 106 Å². The third-order valence-electron chi connectivity index (χ3n) is 2.68. The Morgan fingerprint density at radius 3 is 2.83 bits per heavy atom. The van der Waals surface area contributed by atoms with E-state index in [2.05, 4.69) is 16.0 Å². The van der Waals surface area contributed by atoms with Gasteiger partial charge in [-0.25, -0.2) is 4.98 Å². The number of hydrogen-bond acceptors (Lipinski definition) is 4. The van der Waals surface area contributed by atoms with Crippen LogP contribution in [0.4, 0.5) is 11.5 Å². The number of pyridine rings is 1. The Kier molecular flexibility index (Phi) is 3.44. The fourth-order valence-electron chi connectivity index (χ4n) is 1.71. The molecule has 0 amide bonds. The predicted octanol–water partition coefficient (Wildman–Crippen LogP) is 2.17. The molecule has 0 aliphatic heterocycles. The first-order valence-electron chi connectivity index (χ1n) is 5.61. The van der Waals surface area contributed by atoms with Crippen LogP contribution in [-0.2, 0) is 6.54 Å². The van der Waals surface area contributed by atoms with E-state index in [0.717, 1.165) is 17.8 Å². The molecule has 0 unspecified atom stereocenters. The van der Waals surface area contributed by atoms with Crippen LogP contribution in [0, 0.1) is 11.3 Å². The summed E-state index contributed by atoms with van der Waals surface area (Å²) in [6.07, 6.45) is 1.76. The molecule has 0 radical (unpaired) electrons. The summed E-state index contributed by atoms with van der Waals surface area (Å²) in [6, 6.07) is 13.4. The first kappa shape index (κ1) is 11.9. The molecule has 2 N–H and O–H groups in total. The summed E-state index contributed by atoms with van der Waals surface area (Å²) in [7, 11) is 1.98. The molecule has 1 aromatic heterocycles. The third-order valence-corrected chi connectivity index (χ3v) is 2.68. The topological polar surface area (TPSA) is 65.9 Å². The summed E-state index contributed by atoms with van der Waals surface area (Å²) in [5, 5.41) is 8.87. The van der Waals surface area contributed by atoms with E-state index in [-0.39, 0.29) is 0 Å². The molecule has 4 heteroatoms. The Hall–Kier alpha value is -2.54. The number of nitrogens with two attached hydrogens (primary N) is 1. The highest BCUT2D eigenvalue weighted by Crippen LogP contribution is 2.16. The second-order valence-corrected chi connectivity index (χ2v) is 4.11. The van der Waals surface area contributed by atoms with Crippen LogP contribution >= 0.6 is 0 Å². The Morgan fingerprint density at radius 2 is 2.17 bits per heavy atom. The molecule has 18 heavy (non-hydrogen) atoms. The van der Waals surface area contributed by atoms with Gasteiger partial charge in [-0.05, 0) is 29.8 Å². The molecule has 2 rings (SSSR count). The molecule has 0 aliphatic carbocycles. The molecule has 0 saturated heterocycles. The second kappa shape index (κ2) is 5.19. The van der Waals surface area contributed by atoms with Crippen LogP contribution in [-0.4, -0.2) is 12.0 Å². The number of anilines is 2. The zero-order valence-corrected chi connectivity index (χ0v) is 10.2. The minimum absolute atomic E-state index is 0.521. The summed E-state index contributed by atoms with van der Waals surface area (Å²) in [5.41, 5.74) is 8.29. The van der Waals surface area contributed by atoms with Gasteiger partial charge in [0, 0.05) is 25.5 Å².